The summed E-state index contributed by atoms with van der Waals surface area (Å²) in [4.78, 5) is 45.1. The van der Waals surface area contributed by atoms with Gasteiger partial charge in [0.1, 0.15) is 21.6 Å². The molecule has 0 bridgehead atoms. The molecule has 3 aromatic heterocycles. The van der Waals surface area contributed by atoms with Gasteiger partial charge in [0.25, 0.3) is 0 Å². The van der Waals surface area contributed by atoms with E-state index in [2.05, 4.69) is 94.9 Å². The number of hydrogen-bond acceptors (Lipinski definition) is 13. The summed E-state index contributed by atoms with van der Waals surface area (Å²) in [6, 6.07) is 49.1. The number of rotatable bonds is 4. The van der Waals surface area contributed by atoms with Gasteiger partial charge in [-0.3, -0.25) is 0 Å². The molecule has 0 fully saturated rings. The fourth-order valence-corrected chi connectivity index (χ4v) is 8.15. The zero-order chi connectivity index (χ0) is 49.4. The van der Waals surface area contributed by atoms with E-state index in [0.29, 0.717) is 19.8 Å². The summed E-state index contributed by atoms with van der Waals surface area (Å²) in [7, 11) is 0. The number of halogens is 6. The molecule has 0 N–H and O–H groups in total. The normalized spacial score (nSPS) is 9.16. The molecule has 0 spiro atoms. The summed E-state index contributed by atoms with van der Waals surface area (Å²) < 4.78 is 40.3. The molecule has 344 valence electrons. The third-order valence-corrected chi connectivity index (χ3v) is 11.5. The number of carbonyl (C=O) groups excluding carboxylic acids is 4. The average molecular weight is 1170 g/mol. The molecule has 0 saturated heterocycles. The highest BCUT2D eigenvalue weighted by Crippen LogP contribution is 2.29. The topological polar surface area (TPSA) is 146 Å². The van der Waals surface area contributed by atoms with E-state index in [1.807, 2.05) is 118 Å². The zero-order valence-corrected chi connectivity index (χ0v) is 43.8. The van der Waals surface area contributed by atoms with Gasteiger partial charge >= 0.3 is 12.3 Å². The fraction of sp³-hybridized carbons (Fsp3) is 0.0833. The van der Waals surface area contributed by atoms with Gasteiger partial charge < -0.3 is 0 Å². The molecular formula is C48H38Br3ClF2N6O4S3. The minimum atomic E-state index is -0.233. The molecule has 0 atom stereocenters. The number of nitrogens with zero attached hydrogens (tertiary/aromatic N) is 6. The second kappa shape index (κ2) is 33.8. The zero-order valence-electron chi connectivity index (χ0n) is 35.8. The van der Waals surface area contributed by atoms with Crippen molar-refractivity contribution in [2.45, 2.75) is 27.7 Å². The molecule has 9 aromatic rings. The van der Waals surface area contributed by atoms with Crippen LogP contribution in [0, 0.1) is 25.5 Å². The lowest BCUT2D eigenvalue weighted by atomic mass is 10.0. The van der Waals surface area contributed by atoms with E-state index in [4.69, 9.17) is 30.8 Å². The van der Waals surface area contributed by atoms with Gasteiger partial charge in [0.15, 0.2) is 5.82 Å². The molecule has 3 heterocycles. The third-order valence-electron chi connectivity index (χ3n) is 7.53. The number of aryl methyl sites for hydroxylation is 2. The van der Waals surface area contributed by atoms with Crippen molar-refractivity contribution in [3.63, 3.8) is 0 Å². The first-order valence-corrected chi connectivity index (χ1v) is 24.3. The van der Waals surface area contributed by atoms with Crippen LogP contribution in [0.5, 0.6) is 0 Å². The summed E-state index contributed by atoms with van der Waals surface area (Å²) in [5.41, 5.74) is 7.50. The molecule has 0 radical (unpaired) electrons. The summed E-state index contributed by atoms with van der Waals surface area (Å²) in [6.45, 7) is 8.00. The van der Waals surface area contributed by atoms with E-state index in [1.165, 1.54) is 52.9 Å². The SMILES string of the molecule is Brc1nsc(-c2ccccc2)n1.CC.Cc1ccc(F)cc1.Cc1cccc(Br)c1.Clc1nc(Br)ns1.Fc1ccc(-c2cccc(-c3nsc(-c4ccccc4)n3)c2)cc1.O=C=O.O=C=O. The third kappa shape index (κ3) is 23.6. The van der Waals surface area contributed by atoms with Crippen molar-refractivity contribution in [1.82, 2.24) is 28.1 Å². The molecule has 0 unspecified atom stereocenters. The Bertz CT molecular complexity index is 2760. The molecule has 0 saturated carbocycles. The number of aromatic nitrogens is 6. The van der Waals surface area contributed by atoms with Gasteiger partial charge in [-0.15, -0.1) is 0 Å². The van der Waals surface area contributed by atoms with Crippen molar-refractivity contribution in [1.29, 1.82) is 0 Å². The van der Waals surface area contributed by atoms with Crippen LogP contribution >= 0.6 is 94.0 Å². The Morgan fingerprint density at radius 2 is 0.910 bits per heavy atom. The Morgan fingerprint density at radius 1 is 0.463 bits per heavy atom. The standard InChI is InChI=1S/C20H13FN2S.C8H5BrN2S.C7H7Br.C7H7F.C2BrClN2S.C2H6.2CO2/c21-18-11-9-14(10-12-18)16-7-4-8-17(13-16)19-22-20(24-23-19)15-5-2-1-3-6-15;9-8-10-7(12-11-8)6-4-2-1-3-5-6;1-6-3-2-4-7(8)5-6;1-6-2-4-7(8)5-3-6;3-1-5-2(4)7-6-1;1-2;2*2-1-3/h1-13H;1-5H;2*2-5H,1H3;;1-2H3;;. The van der Waals surface area contributed by atoms with Crippen molar-refractivity contribution >= 4 is 106 Å². The fourth-order valence-electron chi connectivity index (χ4n) is 4.75. The Labute approximate surface area is 429 Å². The molecule has 0 amide bonds. The molecule has 9 rings (SSSR count). The quantitative estimate of drug-likeness (QED) is 0.167. The van der Waals surface area contributed by atoms with Crippen LogP contribution in [0.4, 0.5) is 8.78 Å². The Hall–Kier alpha value is -5.65. The van der Waals surface area contributed by atoms with E-state index in [0.717, 1.165) is 59.4 Å². The molecule has 6 aromatic carbocycles. The van der Waals surface area contributed by atoms with E-state index < -0.39 is 0 Å². The predicted molar refractivity (Wildman–Crippen MR) is 273 cm³/mol. The predicted octanol–water partition coefficient (Wildman–Crippen LogP) is 15.4. The number of benzene rings is 6. The van der Waals surface area contributed by atoms with Crippen LogP contribution < -0.4 is 0 Å². The lowest BCUT2D eigenvalue weighted by Gasteiger charge is -2.03. The van der Waals surface area contributed by atoms with Crippen molar-refractivity contribution in [3.8, 4) is 43.7 Å². The van der Waals surface area contributed by atoms with Crippen LogP contribution in [0.2, 0.25) is 4.47 Å². The first-order chi connectivity index (χ1) is 32.3. The molecule has 0 aliphatic carbocycles. The van der Waals surface area contributed by atoms with Gasteiger partial charge in [-0.25, -0.2) is 18.7 Å². The maximum absolute atomic E-state index is 13.1. The van der Waals surface area contributed by atoms with E-state index >= 15 is 0 Å². The second-order valence-electron chi connectivity index (χ2n) is 12.2. The van der Waals surface area contributed by atoms with Crippen LogP contribution in [0.3, 0.4) is 0 Å². The molecule has 0 aliphatic rings. The minimum absolute atomic E-state index is 0.171. The average Bonchev–Trinajstić information content (AvgIpc) is 4.12. The smallest absolute Gasteiger partial charge is 0.215 e. The summed E-state index contributed by atoms with van der Waals surface area (Å²) in [5.74, 6) is 0.307. The number of hydrogen-bond donors (Lipinski definition) is 0. The lowest BCUT2D eigenvalue weighted by Crippen LogP contribution is -1.84. The molecular weight excluding hydrogens is 1130 g/mol. The van der Waals surface area contributed by atoms with Crippen molar-refractivity contribution in [2.75, 3.05) is 0 Å². The van der Waals surface area contributed by atoms with Crippen LogP contribution in [0.15, 0.2) is 172 Å². The Balaban J connectivity index is 0.000000301. The maximum Gasteiger partial charge on any atom is 0.373 e. The summed E-state index contributed by atoms with van der Waals surface area (Å²) in [6.07, 6.45) is 0.500. The van der Waals surface area contributed by atoms with Crippen molar-refractivity contribution in [2.24, 2.45) is 0 Å². The van der Waals surface area contributed by atoms with Gasteiger partial charge in [0, 0.05) is 21.2 Å². The van der Waals surface area contributed by atoms with Gasteiger partial charge in [-0.1, -0.05) is 156 Å². The molecule has 67 heavy (non-hydrogen) atoms. The molecule has 19 heteroatoms. The van der Waals surface area contributed by atoms with Gasteiger partial charge in [0.2, 0.25) is 13.9 Å². The van der Waals surface area contributed by atoms with Crippen LogP contribution in [-0.4, -0.2) is 40.4 Å². The largest absolute Gasteiger partial charge is 0.373 e. The summed E-state index contributed by atoms with van der Waals surface area (Å²) in [5, 5.41) is 1.85. The first-order valence-electron chi connectivity index (χ1n) is 19.2. The van der Waals surface area contributed by atoms with Crippen LogP contribution in [0.25, 0.3) is 43.7 Å². The first kappa shape index (κ1) is 57.5. The minimum Gasteiger partial charge on any atom is -0.215 e. The highest BCUT2D eigenvalue weighted by Gasteiger charge is 2.10. The van der Waals surface area contributed by atoms with Gasteiger partial charge in [-0.05, 0) is 145 Å². The second-order valence-corrected chi connectivity index (χ2v) is 17.4. The van der Waals surface area contributed by atoms with E-state index in [1.54, 1.807) is 24.3 Å². The van der Waals surface area contributed by atoms with E-state index in [9.17, 15) is 8.78 Å². The molecule has 0 aliphatic heterocycles. The van der Waals surface area contributed by atoms with Crippen molar-refractivity contribution in [3.05, 3.63) is 199 Å². The Morgan fingerprint density at radius 3 is 1.33 bits per heavy atom. The Kier molecular flexibility index (Phi) is 29.0. The summed E-state index contributed by atoms with van der Waals surface area (Å²) >= 11 is 18.9. The van der Waals surface area contributed by atoms with Gasteiger partial charge in [0.05, 0.1) is 0 Å². The van der Waals surface area contributed by atoms with E-state index in [-0.39, 0.29) is 23.9 Å². The van der Waals surface area contributed by atoms with Crippen LogP contribution in [-0.2, 0) is 19.2 Å². The van der Waals surface area contributed by atoms with Crippen molar-refractivity contribution < 1.29 is 28.0 Å². The lowest BCUT2D eigenvalue weighted by molar-refractivity contribution is -0.193. The highest BCUT2D eigenvalue weighted by atomic mass is 79.9. The van der Waals surface area contributed by atoms with Crippen LogP contribution in [0.1, 0.15) is 25.0 Å². The molecule has 10 nitrogen and oxygen atoms in total. The monoisotopic (exact) mass is 1170 g/mol. The highest BCUT2D eigenvalue weighted by molar-refractivity contribution is 9.11. The maximum atomic E-state index is 13.1. The van der Waals surface area contributed by atoms with Gasteiger partial charge in [-0.2, -0.15) is 37.3 Å².